The van der Waals surface area contributed by atoms with Gasteiger partial charge in [-0.15, -0.1) is 0 Å². The lowest BCUT2D eigenvalue weighted by molar-refractivity contribution is 0.0697. The molecule has 0 atom stereocenters. The van der Waals surface area contributed by atoms with E-state index in [1.54, 1.807) is 28.9 Å². The van der Waals surface area contributed by atoms with Gasteiger partial charge in [-0.25, -0.2) is 23.1 Å². The Labute approximate surface area is 340 Å². The number of aromatic hydroxyl groups is 1. The summed E-state index contributed by atoms with van der Waals surface area (Å²) in [4.78, 5) is 51.5. The van der Waals surface area contributed by atoms with E-state index in [4.69, 9.17) is 9.52 Å². The Morgan fingerprint density at radius 1 is 0.800 bits per heavy atom. The number of anilines is 2. The Hall–Kier alpha value is -7.87. The molecule has 0 fully saturated rings. The van der Waals surface area contributed by atoms with Crippen LogP contribution in [0.1, 0.15) is 52.7 Å². The van der Waals surface area contributed by atoms with Gasteiger partial charge in [0, 0.05) is 57.6 Å². The molecule has 5 aromatic carbocycles. The predicted octanol–water partition coefficient (Wildman–Crippen LogP) is 9.46. The van der Waals surface area contributed by atoms with E-state index in [1.165, 1.54) is 12.1 Å². The number of phenols is 1. The van der Waals surface area contributed by atoms with Gasteiger partial charge in [0.1, 0.15) is 17.2 Å². The van der Waals surface area contributed by atoms with Gasteiger partial charge in [-0.2, -0.15) is 5.10 Å². The number of nitrogens with zero attached hydrogens (tertiary/aromatic N) is 2. The number of carboxylic acid groups (broad SMARTS) is 1. The molecule has 1 aliphatic carbocycles. The lowest BCUT2D eigenvalue weighted by Crippen LogP contribution is -2.23. The number of aromatic nitrogens is 2. The molecule has 3 amide bonds. The van der Waals surface area contributed by atoms with E-state index in [9.17, 15) is 38.2 Å². The molecule has 60 heavy (non-hydrogen) atoms. The van der Waals surface area contributed by atoms with Crippen LogP contribution in [0.4, 0.5) is 25.1 Å². The molecule has 6 aromatic rings. The first-order valence-electron chi connectivity index (χ1n) is 18.6. The largest absolute Gasteiger partial charge is 0.505 e. The zero-order valence-corrected chi connectivity index (χ0v) is 32.3. The van der Waals surface area contributed by atoms with Crippen molar-refractivity contribution in [2.24, 2.45) is 0 Å². The second kappa shape index (κ2) is 15.1. The van der Waals surface area contributed by atoms with Gasteiger partial charge in [0.05, 0.1) is 22.6 Å². The monoisotopic (exact) mass is 807 g/mol. The fraction of sp³-hybridized carbons (Fsp3) is 0.109. The van der Waals surface area contributed by atoms with Crippen molar-refractivity contribution in [3.63, 3.8) is 0 Å². The maximum absolute atomic E-state index is 14.7. The highest BCUT2D eigenvalue weighted by Crippen LogP contribution is 2.43. The van der Waals surface area contributed by atoms with Crippen LogP contribution in [0.3, 0.4) is 0 Å². The number of benzene rings is 6. The van der Waals surface area contributed by atoms with Gasteiger partial charge in [0.2, 0.25) is 5.43 Å². The Morgan fingerprint density at radius 2 is 1.55 bits per heavy atom. The molecule has 8 rings (SSSR count). The summed E-state index contributed by atoms with van der Waals surface area (Å²) in [6.45, 7) is 6.10. The summed E-state index contributed by atoms with van der Waals surface area (Å²) < 4.78 is 36.6. The standard InChI is InChI=1S/C46H35F2N5O7/c1-46(2,3)40-22-41(51-45(59)50-35-10-6-8-25-7-4-5-9-28(25)35)53(52-40)27-14-11-24(12-15-27)23-49-43(56)26-13-16-29(30(17-26)44(57)58)42-31-18-33(47)36(54)20-38(31)60-39-21-37(55)34(48)19-32(39)42/h4-22,54H,23H2,1-3H3,(H,49,56)(H,57,58)(H2,50,51,59). The van der Waals surface area contributed by atoms with Crippen molar-refractivity contribution in [1.29, 1.82) is 0 Å². The number of hydrogen-bond donors (Lipinski definition) is 5. The quantitative estimate of drug-likeness (QED) is 0.0944. The average molecular weight is 808 g/mol. The molecule has 12 nitrogen and oxygen atoms in total. The molecule has 14 heteroatoms. The normalized spacial score (nSPS) is 11.6. The Balaban J connectivity index is 1.03. The van der Waals surface area contributed by atoms with Gasteiger partial charge in [0.25, 0.3) is 5.91 Å². The third-order valence-corrected chi connectivity index (χ3v) is 10.0. The fourth-order valence-electron chi connectivity index (χ4n) is 6.95. The van der Waals surface area contributed by atoms with Gasteiger partial charge >= 0.3 is 12.0 Å². The molecule has 0 spiro atoms. The number of carbonyl (C=O) groups excluding carboxylic acids is 2. The SMILES string of the molecule is CC(C)(C)c1cc(NC(=O)Nc2cccc3ccccc23)n(-c2ccc(CNC(=O)c3ccc(-c4c5cc(F)c(=O)cc-5oc5cc(O)c(F)cc45)c(C(=O)O)c3)cc2)n1. The van der Waals surface area contributed by atoms with Gasteiger partial charge < -0.3 is 25.3 Å². The first-order chi connectivity index (χ1) is 28.6. The molecule has 300 valence electrons. The maximum atomic E-state index is 14.7. The summed E-state index contributed by atoms with van der Waals surface area (Å²) in [7, 11) is 0. The number of carbonyl (C=O) groups is 3. The van der Waals surface area contributed by atoms with Crippen LogP contribution in [0.15, 0.2) is 124 Å². The molecule has 1 aromatic heterocycles. The first kappa shape index (κ1) is 39.0. The van der Waals surface area contributed by atoms with Crippen LogP contribution in [0.2, 0.25) is 0 Å². The minimum absolute atomic E-state index is 0.00387. The number of fused-ring (bicyclic) bond motifs is 3. The van der Waals surface area contributed by atoms with Gasteiger partial charge in [-0.3, -0.25) is 14.9 Å². The summed E-state index contributed by atoms with van der Waals surface area (Å²) in [5.41, 5.74) is 0.906. The third-order valence-electron chi connectivity index (χ3n) is 10.0. The number of aromatic carboxylic acids is 1. The van der Waals surface area contributed by atoms with Crippen LogP contribution in [0.5, 0.6) is 5.75 Å². The number of urea groups is 1. The Bertz CT molecular complexity index is 3050. The van der Waals surface area contributed by atoms with E-state index < -0.39 is 40.7 Å². The highest BCUT2D eigenvalue weighted by molar-refractivity contribution is 6.09. The zero-order valence-electron chi connectivity index (χ0n) is 32.3. The highest BCUT2D eigenvalue weighted by atomic mass is 19.1. The molecule has 0 saturated heterocycles. The minimum atomic E-state index is -1.44. The fourth-order valence-corrected chi connectivity index (χ4v) is 6.95. The number of nitrogens with one attached hydrogen (secondary N) is 3. The molecule has 0 bridgehead atoms. The molecule has 0 saturated carbocycles. The smallest absolute Gasteiger partial charge is 0.336 e. The highest BCUT2D eigenvalue weighted by Gasteiger charge is 2.26. The van der Waals surface area contributed by atoms with Gasteiger partial charge in [-0.1, -0.05) is 75.4 Å². The second-order valence-corrected chi connectivity index (χ2v) is 15.2. The number of phenolic OH excluding ortho intramolecular Hbond substituents is 1. The summed E-state index contributed by atoms with van der Waals surface area (Å²) in [6.07, 6.45) is 0. The molecule has 5 N–H and O–H groups in total. The number of amides is 3. The molecule has 1 aliphatic heterocycles. The lowest BCUT2D eigenvalue weighted by atomic mass is 9.89. The molecular formula is C46H35F2N5O7. The Kier molecular flexibility index (Phi) is 9.83. The van der Waals surface area contributed by atoms with Crippen molar-refractivity contribution >= 4 is 51.2 Å². The van der Waals surface area contributed by atoms with Crippen LogP contribution >= 0.6 is 0 Å². The van der Waals surface area contributed by atoms with Gasteiger partial charge in [-0.05, 0) is 59.0 Å². The van der Waals surface area contributed by atoms with Crippen molar-refractivity contribution in [3.05, 3.63) is 160 Å². The lowest BCUT2D eigenvalue weighted by Gasteiger charge is -2.17. The predicted molar refractivity (Wildman–Crippen MR) is 223 cm³/mol. The summed E-state index contributed by atoms with van der Waals surface area (Å²) in [5.74, 6) is -4.68. The molecular weight excluding hydrogens is 773 g/mol. The summed E-state index contributed by atoms with van der Waals surface area (Å²) in [6, 6.07) is 29.4. The van der Waals surface area contributed by atoms with E-state index in [0.29, 0.717) is 22.8 Å². The van der Waals surface area contributed by atoms with E-state index in [0.717, 1.165) is 46.8 Å². The van der Waals surface area contributed by atoms with Crippen LogP contribution in [0, 0.1) is 11.6 Å². The van der Waals surface area contributed by atoms with Crippen LogP contribution in [0.25, 0.3) is 49.9 Å². The maximum Gasteiger partial charge on any atom is 0.336 e. The first-order valence-corrected chi connectivity index (χ1v) is 18.6. The number of rotatable bonds is 8. The van der Waals surface area contributed by atoms with Gasteiger partial charge in [0.15, 0.2) is 17.4 Å². The molecule has 2 heterocycles. The molecule has 0 unspecified atom stereocenters. The van der Waals surface area contributed by atoms with Crippen molar-refractivity contribution in [2.45, 2.75) is 32.7 Å². The zero-order chi connectivity index (χ0) is 42.5. The van der Waals surface area contributed by atoms with Crippen molar-refractivity contribution in [3.8, 4) is 33.9 Å². The van der Waals surface area contributed by atoms with Crippen LogP contribution < -0.4 is 21.4 Å². The summed E-state index contributed by atoms with van der Waals surface area (Å²) >= 11 is 0. The summed E-state index contributed by atoms with van der Waals surface area (Å²) in [5, 5.41) is 35.6. The van der Waals surface area contributed by atoms with Crippen LogP contribution in [-0.4, -0.2) is 37.9 Å². The Morgan fingerprint density at radius 3 is 2.30 bits per heavy atom. The minimum Gasteiger partial charge on any atom is -0.505 e. The molecule has 2 aliphatic rings. The molecule has 0 radical (unpaired) electrons. The van der Waals surface area contributed by atoms with E-state index in [-0.39, 0.29) is 56.5 Å². The van der Waals surface area contributed by atoms with E-state index in [2.05, 4.69) is 16.0 Å². The van der Waals surface area contributed by atoms with Crippen molar-refractivity contribution in [1.82, 2.24) is 15.1 Å². The van der Waals surface area contributed by atoms with Crippen molar-refractivity contribution in [2.75, 3.05) is 10.6 Å². The topological polar surface area (TPSA) is 176 Å². The van der Waals surface area contributed by atoms with E-state index in [1.807, 2.05) is 69.3 Å². The third kappa shape index (κ3) is 7.49. The average Bonchev–Trinajstić information content (AvgIpc) is 3.65. The second-order valence-electron chi connectivity index (χ2n) is 15.2. The van der Waals surface area contributed by atoms with Crippen LogP contribution in [-0.2, 0) is 12.0 Å². The number of hydrogen-bond acceptors (Lipinski definition) is 7. The number of carboxylic acids is 1. The van der Waals surface area contributed by atoms with E-state index >= 15 is 0 Å². The van der Waals surface area contributed by atoms with Crippen molar-refractivity contribution < 1.29 is 37.8 Å². The number of halogens is 2.